The molecular weight excluding hydrogens is 344 g/mol. The average molecular weight is 368 g/mol. The third-order valence-electron chi connectivity index (χ3n) is 4.64. The Morgan fingerprint density at radius 2 is 2.04 bits per heavy atom. The number of rotatable bonds is 5. The highest BCUT2D eigenvalue weighted by molar-refractivity contribution is 5.97. The summed E-state index contributed by atoms with van der Waals surface area (Å²) in [7, 11) is 0. The molecule has 7 nitrogen and oxygen atoms in total. The van der Waals surface area contributed by atoms with Gasteiger partial charge in [-0.1, -0.05) is 18.2 Å². The zero-order valence-corrected chi connectivity index (χ0v) is 15.5. The summed E-state index contributed by atoms with van der Waals surface area (Å²) in [4.78, 5) is 31.3. The van der Waals surface area contributed by atoms with Crippen LogP contribution in [0.4, 0.5) is 5.82 Å². The van der Waals surface area contributed by atoms with Crippen molar-refractivity contribution in [3.05, 3.63) is 59.7 Å². The number of aromatic nitrogens is 1. The highest BCUT2D eigenvalue weighted by Gasteiger charge is 2.36. The van der Waals surface area contributed by atoms with E-state index in [1.165, 1.54) is 0 Å². The number of nitrogens with one attached hydrogen (secondary N) is 2. The lowest BCUT2D eigenvalue weighted by molar-refractivity contribution is -0.138. The minimum Gasteiger partial charge on any atom is -0.494 e. The van der Waals surface area contributed by atoms with Crippen LogP contribution in [-0.2, 0) is 9.59 Å². The van der Waals surface area contributed by atoms with Crippen LogP contribution in [0.2, 0.25) is 0 Å². The second kappa shape index (κ2) is 8.07. The fourth-order valence-corrected chi connectivity index (χ4v) is 3.26. The number of likely N-dealkylation sites (tertiary alicyclic amines) is 1. The van der Waals surface area contributed by atoms with Crippen molar-refractivity contribution < 1.29 is 14.7 Å². The van der Waals surface area contributed by atoms with Crippen molar-refractivity contribution in [2.45, 2.75) is 38.8 Å². The Kier molecular flexibility index (Phi) is 5.59. The topological polar surface area (TPSA) is 94.6 Å². The van der Waals surface area contributed by atoms with Crippen LogP contribution in [0, 0.1) is 6.92 Å². The first kappa shape index (κ1) is 18.7. The average Bonchev–Trinajstić information content (AvgIpc) is 3.32. The van der Waals surface area contributed by atoms with E-state index in [1.807, 2.05) is 19.1 Å². The molecule has 2 atom stereocenters. The molecule has 2 aliphatic rings. The Morgan fingerprint density at radius 1 is 1.30 bits per heavy atom. The molecule has 1 aliphatic heterocycles. The van der Waals surface area contributed by atoms with Crippen molar-refractivity contribution in [2.24, 2.45) is 0 Å². The van der Waals surface area contributed by atoms with Gasteiger partial charge in [-0.05, 0) is 51.0 Å². The summed E-state index contributed by atoms with van der Waals surface area (Å²) < 4.78 is 0. The Hall–Kier alpha value is -3.09. The van der Waals surface area contributed by atoms with Crippen molar-refractivity contribution >= 4 is 17.6 Å². The molecule has 0 aromatic carbocycles. The number of aliphatic hydroxyl groups is 1. The van der Waals surface area contributed by atoms with E-state index >= 15 is 0 Å². The molecule has 2 heterocycles. The summed E-state index contributed by atoms with van der Waals surface area (Å²) >= 11 is 0. The number of carbonyl (C=O) groups is 2. The van der Waals surface area contributed by atoms with Crippen LogP contribution in [0.3, 0.4) is 0 Å². The van der Waals surface area contributed by atoms with Crippen molar-refractivity contribution in [1.29, 1.82) is 0 Å². The summed E-state index contributed by atoms with van der Waals surface area (Å²) in [5, 5.41) is 15.7. The minimum absolute atomic E-state index is 0.0509. The van der Waals surface area contributed by atoms with Gasteiger partial charge < -0.3 is 20.6 Å². The molecule has 1 saturated heterocycles. The summed E-state index contributed by atoms with van der Waals surface area (Å²) in [6, 6.07) is 4.21. The molecule has 7 heteroatoms. The molecule has 142 valence electrons. The Labute approximate surface area is 158 Å². The lowest BCUT2D eigenvalue weighted by Crippen LogP contribution is -2.50. The van der Waals surface area contributed by atoms with Crippen LogP contribution >= 0.6 is 0 Å². The summed E-state index contributed by atoms with van der Waals surface area (Å²) in [6.07, 6.45) is 8.48. The molecule has 1 aromatic heterocycles. The second-order valence-corrected chi connectivity index (χ2v) is 6.73. The van der Waals surface area contributed by atoms with Gasteiger partial charge in [0.05, 0.1) is 0 Å². The van der Waals surface area contributed by atoms with Gasteiger partial charge in [0, 0.05) is 17.8 Å². The maximum Gasteiger partial charge on any atom is 0.248 e. The van der Waals surface area contributed by atoms with E-state index in [1.54, 1.807) is 42.2 Å². The predicted molar refractivity (Wildman–Crippen MR) is 103 cm³/mol. The Bertz CT molecular complexity index is 814. The monoisotopic (exact) mass is 368 g/mol. The number of anilines is 1. The Morgan fingerprint density at radius 3 is 2.74 bits per heavy atom. The third-order valence-corrected chi connectivity index (χ3v) is 4.64. The lowest BCUT2D eigenvalue weighted by Gasteiger charge is -2.27. The molecule has 2 amide bonds. The molecule has 3 N–H and O–H groups in total. The molecule has 2 unspecified atom stereocenters. The highest BCUT2D eigenvalue weighted by Crippen LogP contribution is 2.20. The van der Waals surface area contributed by atoms with Gasteiger partial charge in [-0.3, -0.25) is 9.59 Å². The Balaban J connectivity index is 1.65. The molecule has 27 heavy (non-hydrogen) atoms. The molecular formula is C20H24N4O3. The first-order valence-electron chi connectivity index (χ1n) is 9.05. The van der Waals surface area contributed by atoms with E-state index in [0.717, 1.165) is 12.1 Å². The number of aliphatic hydroxyl groups excluding tert-OH is 1. The van der Waals surface area contributed by atoms with Crippen LogP contribution in [-0.4, -0.2) is 45.4 Å². The van der Waals surface area contributed by atoms with Crippen LogP contribution in [0.5, 0.6) is 0 Å². The number of carbonyl (C=O) groups excluding carboxylic acids is 2. The highest BCUT2D eigenvalue weighted by atomic mass is 16.3. The summed E-state index contributed by atoms with van der Waals surface area (Å²) in [6.45, 7) is 4.04. The zero-order chi connectivity index (χ0) is 19.4. The summed E-state index contributed by atoms with van der Waals surface area (Å²) in [5.41, 5.74) is 1.43. The lowest BCUT2D eigenvalue weighted by atomic mass is 10.2. The van der Waals surface area contributed by atoms with Crippen LogP contribution < -0.4 is 10.6 Å². The van der Waals surface area contributed by atoms with Crippen molar-refractivity contribution in [2.75, 3.05) is 11.9 Å². The number of hydrogen-bond donors (Lipinski definition) is 3. The SMILES string of the molecule is Cc1cccc(NC(=O)C2CCCN2C(=O)C(C)NC(O)=C2C=CC=C2)n1. The smallest absolute Gasteiger partial charge is 0.248 e. The summed E-state index contributed by atoms with van der Waals surface area (Å²) in [5.74, 6) is -0.0315. The molecule has 0 spiro atoms. The third kappa shape index (κ3) is 4.36. The standard InChI is InChI=1S/C20H24N4O3/c1-13-7-5-11-17(21-13)23-19(26)16-10-6-12-24(16)20(27)14(2)22-18(25)15-8-3-4-9-15/h3-5,7-9,11,14,16,22,25H,6,10,12H2,1-2H3,(H,21,23,26). The molecule has 1 fully saturated rings. The molecule has 1 aliphatic carbocycles. The van der Waals surface area contributed by atoms with Gasteiger partial charge in [0.1, 0.15) is 17.9 Å². The first-order chi connectivity index (χ1) is 13.0. The van der Waals surface area contributed by atoms with Crippen LogP contribution in [0.25, 0.3) is 0 Å². The number of nitrogens with zero attached hydrogens (tertiary/aromatic N) is 2. The van der Waals surface area contributed by atoms with Gasteiger partial charge in [-0.2, -0.15) is 0 Å². The van der Waals surface area contributed by atoms with Gasteiger partial charge in [0.2, 0.25) is 11.8 Å². The molecule has 3 rings (SSSR count). The van der Waals surface area contributed by atoms with Crippen molar-refractivity contribution in [3.8, 4) is 0 Å². The maximum absolute atomic E-state index is 12.8. The van der Waals surface area contributed by atoms with Crippen LogP contribution in [0.1, 0.15) is 25.5 Å². The quantitative estimate of drug-likeness (QED) is 0.693. The normalized spacial score (nSPS) is 19.3. The van der Waals surface area contributed by atoms with Crippen LogP contribution in [0.15, 0.2) is 54.0 Å². The largest absolute Gasteiger partial charge is 0.494 e. The second-order valence-electron chi connectivity index (χ2n) is 6.73. The zero-order valence-electron chi connectivity index (χ0n) is 15.5. The van der Waals surface area contributed by atoms with E-state index in [0.29, 0.717) is 24.4 Å². The van der Waals surface area contributed by atoms with Gasteiger partial charge >= 0.3 is 0 Å². The van der Waals surface area contributed by atoms with Gasteiger partial charge in [-0.15, -0.1) is 0 Å². The first-order valence-corrected chi connectivity index (χ1v) is 9.05. The fourth-order valence-electron chi connectivity index (χ4n) is 3.26. The van der Waals surface area contributed by atoms with Crippen molar-refractivity contribution in [3.63, 3.8) is 0 Å². The van der Waals surface area contributed by atoms with E-state index in [2.05, 4.69) is 15.6 Å². The van der Waals surface area contributed by atoms with E-state index in [-0.39, 0.29) is 17.7 Å². The molecule has 0 radical (unpaired) electrons. The molecule has 0 bridgehead atoms. The number of hydrogen-bond acceptors (Lipinski definition) is 5. The number of aryl methyl sites for hydroxylation is 1. The van der Waals surface area contributed by atoms with E-state index in [9.17, 15) is 14.7 Å². The van der Waals surface area contributed by atoms with Crippen molar-refractivity contribution in [1.82, 2.24) is 15.2 Å². The van der Waals surface area contributed by atoms with Gasteiger partial charge in [0.15, 0.2) is 5.88 Å². The fraction of sp³-hybridized carbons (Fsp3) is 0.350. The van der Waals surface area contributed by atoms with E-state index < -0.39 is 12.1 Å². The number of pyridine rings is 1. The molecule has 0 saturated carbocycles. The molecule has 1 aromatic rings. The minimum atomic E-state index is -0.648. The predicted octanol–water partition coefficient (Wildman–Crippen LogP) is 2.19. The van der Waals surface area contributed by atoms with E-state index in [4.69, 9.17) is 0 Å². The number of allylic oxidation sites excluding steroid dienone is 5. The maximum atomic E-state index is 12.8. The van der Waals surface area contributed by atoms with Gasteiger partial charge in [0.25, 0.3) is 0 Å². The van der Waals surface area contributed by atoms with Gasteiger partial charge in [-0.25, -0.2) is 4.98 Å². The number of amides is 2.